The smallest absolute Gasteiger partial charge is 0.197 e. The molecule has 4 heteroatoms. The second-order valence-corrected chi connectivity index (χ2v) is 3.83. The highest BCUT2D eigenvalue weighted by molar-refractivity contribution is 6.29. The number of nitrogens with one attached hydrogen (secondary N) is 1. The third-order valence-corrected chi connectivity index (χ3v) is 3.09. The molecule has 3 N–H and O–H groups in total. The molecule has 0 bridgehead atoms. The van der Waals surface area contributed by atoms with E-state index in [0.29, 0.717) is 11.1 Å². The van der Waals surface area contributed by atoms with Crippen LogP contribution in [0.15, 0.2) is 16.7 Å². The van der Waals surface area contributed by atoms with Gasteiger partial charge in [-0.2, -0.15) is 0 Å². The Labute approximate surface area is 82.2 Å². The van der Waals surface area contributed by atoms with Gasteiger partial charge in [0.05, 0.1) is 12.3 Å². The predicted molar refractivity (Wildman–Crippen MR) is 51.1 cm³/mol. The Hall–Kier alpha value is -0.510. The van der Waals surface area contributed by atoms with Gasteiger partial charge < -0.3 is 4.42 Å². The van der Waals surface area contributed by atoms with E-state index in [-0.39, 0.29) is 6.04 Å². The molecule has 0 spiro atoms. The SMILES string of the molecule is NNC(c1ccoc1Cl)C1CCC1. The Balaban J connectivity index is 2.16. The van der Waals surface area contributed by atoms with Crippen molar-refractivity contribution >= 4 is 11.6 Å². The minimum atomic E-state index is 0.153. The van der Waals surface area contributed by atoms with E-state index in [0.717, 1.165) is 5.56 Å². The summed E-state index contributed by atoms with van der Waals surface area (Å²) < 4.78 is 5.04. The standard InChI is InChI=1S/C9H13ClN2O/c10-9-7(4-5-13-9)8(12-11)6-2-1-3-6/h4-6,8,12H,1-3,11H2. The van der Waals surface area contributed by atoms with Crippen molar-refractivity contribution in [3.8, 4) is 0 Å². The average molecular weight is 201 g/mol. The van der Waals surface area contributed by atoms with Crippen LogP contribution in [0.4, 0.5) is 0 Å². The number of furan rings is 1. The van der Waals surface area contributed by atoms with Crippen molar-refractivity contribution < 1.29 is 4.42 Å². The lowest BCUT2D eigenvalue weighted by Gasteiger charge is -2.32. The van der Waals surface area contributed by atoms with E-state index >= 15 is 0 Å². The van der Waals surface area contributed by atoms with Crippen LogP contribution in [-0.2, 0) is 0 Å². The minimum absolute atomic E-state index is 0.153. The summed E-state index contributed by atoms with van der Waals surface area (Å²) in [6.07, 6.45) is 5.33. The second kappa shape index (κ2) is 3.70. The highest BCUT2D eigenvalue weighted by atomic mass is 35.5. The molecular weight excluding hydrogens is 188 g/mol. The molecule has 0 aromatic carbocycles. The molecule has 0 aliphatic heterocycles. The van der Waals surface area contributed by atoms with Gasteiger partial charge in [0.1, 0.15) is 0 Å². The first-order valence-corrected chi connectivity index (χ1v) is 4.89. The lowest BCUT2D eigenvalue weighted by molar-refractivity contribution is 0.231. The minimum Gasteiger partial charge on any atom is -0.453 e. The van der Waals surface area contributed by atoms with Crippen LogP contribution in [0, 0.1) is 5.92 Å². The van der Waals surface area contributed by atoms with Crippen molar-refractivity contribution in [2.24, 2.45) is 11.8 Å². The van der Waals surface area contributed by atoms with E-state index in [2.05, 4.69) is 5.43 Å². The zero-order chi connectivity index (χ0) is 9.26. The van der Waals surface area contributed by atoms with Crippen molar-refractivity contribution in [3.63, 3.8) is 0 Å². The van der Waals surface area contributed by atoms with Gasteiger partial charge in [0.2, 0.25) is 0 Å². The van der Waals surface area contributed by atoms with Gasteiger partial charge in [-0.1, -0.05) is 6.42 Å². The van der Waals surface area contributed by atoms with Crippen LogP contribution in [-0.4, -0.2) is 0 Å². The first-order valence-electron chi connectivity index (χ1n) is 4.52. The molecule has 1 aromatic heterocycles. The summed E-state index contributed by atoms with van der Waals surface area (Å²) in [4.78, 5) is 0. The van der Waals surface area contributed by atoms with Gasteiger partial charge in [-0.25, -0.2) is 0 Å². The van der Waals surface area contributed by atoms with Crippen molar-refractivity contribution in [1.82, 2.24) is 5.43 Å². The fourth-order valence-corrected chi connectivity index (χ4v) is 2.01. The van der Waals surface area contributed by atoms with Gasteiger partial charge in [0.15, 0.2) is 5.22 Å². The zero-order valence-electron chi connectivity index (χ0n) is 7.29. The maximum Gasteiger partial charge on any atom is 0.197 e. The molecule has 1 heterocycles. The van der Waals surface area contributed by atoms with E-state index in [1.54, 1.807) is 6.26 Å². The van der Waals surface area contributed by atoms with Crippen LogP contribution < -0.4 is 11.3 Å². The van der Waals surface area contributed by atoms with E-state index in [1.807, 2.05) is 6.07 Å². The van der Waals surface area contributed by atoms with Crippen LogP contribution in [0.2, 0.25) is 5.22 Å². The van der Waals surface area contributed by atoms with Gasteiger partial charge in [-0.3, -0.25) is 11.3 Å². The molecule has 1 aromatic rings. The van der Waals surface area contributed by atoms with Crippen LogP contribution >= 0.6 is 11.6 Å². The Morgan fingerprint density at radius 1 is 1.62 bits per heavy atom. The normalized spacial score (nSPS) is 19.8. The fourth-order valence-electron chi connectivity index (χ4n) is 1.78. The summed E-state index contributed by atoms with van der Waals surface area (Å²) in [5.41, 5.74) is 3.78. The monoisotopic (exact) mass is 200 g/mol. The molecule has 0 amide bonds. The second-order valence-electron chi connectivity index (χ2n) is 3.48. The van der Waals surface area contributed by atoms with E-state index in [1.165, 1.54) is 19.3 Å². The van der Waals surface area contributed by atoms with Gasteiger partial charge in [-0.05, 0) is 36.4 Å². The molecule has 1 fully saturated rings. The third-order valence-electron chi connectivity index (χ3n) is 2.78. The first-order chi connectivity index (χ1) is 6.33. The van der Waals surface area contributed by atoms with E-state index in [4.69, 9.17) is 21.9 Å². The molecule has 1 aliphatic carbocycles. The van der Waals surface area contributed by atoms with Crippen LogP contribution in [0.3, 0.4) is 0 Å². The number of hydrazine groups is 1. The number of halogens is 1. The van der Waals surface area contributed by atoms with Crippen LogP contribution in [0.25, 0.3) is 0 Å². The van der Waals surface area contributed by atoms with Crippen LogP contribution in [0.1, 0.15) is 30.9 Å². The molecule has 1 saturated carbocycles. The third kappa shape index (κ3) is 1.59. The Morgan fingerprint density at radius 2 is 2.38 bits per heavy atom. The number of hydrogen-bond acceptors (Lipinski definition) is 3. The highest BCUT2D eigenvalue weighted by Gasteiger charge is 2.29. The molecule has 1 aliphatic rings. The lowest BCUT2D eigenvalue weighted by atomic mass is 9.78. The van der Waals surface area contributed by atoms with E-state index in [9.17, 15) is 0 Å². The summed E-state index contributed by atoms with van der Waals surface area (Å²) in [6, 6.07) is 2.03. The summed E-state index contributed by atoms with van der Waals surface area (Å²) in [5, 5.41) is 0.454. The predicted octanol–water partition coefficient (Wildman–Crippen LogP) is 2.24. The molecule has 1 atom stereocenters. The van der Waals surface area contributed by atoms with Crippen molar-refractivity contribution in [2.45, 2.75) is 25.3 Å². The zero-order valence-corrected chi connectivity index (χ0v) is 8.05. The molecule has 1 unspecified atom stereocenters. The molecule has 0 radical (unpaired) electrons. The molecule has 13 heavy (non-hydrogen) atoms. The topological polar surface area (TPSA) is 51.2 Å². The molecule has 0 saturated heterocycles. The number of hydrogen-bond donors (Lipinski definition) is 2. The molecule has 3 nitrogen and oxygen atoms in total. The van der Waals surface area contributed by atoms with Crippen LogP contribution in [0.5, 0.6) is 0 Å². The van der Waals surface area contributed by atoms with Gasteiger partial charge in [0.25, 0.3) is 0 Å². The Kier molecular flexibility index (Phi) is 2.58. The van der Waals surface area contributed by atoms with Crippen molar-refractivity contribution in [2.75, 3.05) is 0 Å². The molecule has 72 valence electrons. The van der Waals surface area contributed by atoms with Gasteiger partial charge in [0, 0.05) is 5.56 Å². The fraction of sp³-hybridized carbons (Fsp3) is 0.556. The average Bonchev–Trinajstić information content (AvgIpc) is 2.43. The molecular formula is C9H13ClN2O. The van der Waals surface area contributed by atoms with Crippen molar-refractivity contribution in [1.29, 1.82) is 0 Å². The van der Waals surface area contributed by atoms with E-state index < -0.39 is 0 Å². The largest absolute Gasteiger partial charge is 0.453 e. The molecule has 2 rings (SSSR count). The summed E-state index contributed by atoms with van der Waals surface area (Å²) in [6.45, 7) is 0. The summed E-state index contributed by atoms with van der Waals surface area (Å²) in [5.74, 6) is 6.10. The van der Waals surface area contributed by atoms with Gasteiger partial charge >= 0.3 is 0 Å². The summed E-state index contributed by atoms with van der Waals surface area (Å²) in [7, 11) is 0. The Morgan fingerprint density at radius 3 is 2.77 bits per heavy atom. The number of rotatable bonds is 3. The van der Waals surface area contributed by atoms with Gasteiger partial charge in [-0.15, -0.1) is 0 Å². The number of nitrogens with two attached hydrogens (primary N) is 1. The lowest BCUT2D eigenvalue weighted by Crippen LogP contribution is -2.36. The quantitative estimate of drug-likeness (QED) is 0.581. The Bertz CT molecular complexity index is 283. The summed E-state index contributed by atoms with van der Waals surface area (Å²) >= 11 is 5.88. The maximum absolute atomic E-state index is 5.88. The maximum atomic E-state index is 5.88. The first kappa shape index (κ1) is 9.06. The highest BCUT2D eigenvalue weighted by Crippen LogP contribution is 2.39. The van der Waals surface area contributed by atoms with Crippen molar-refractivity contribution in [3.05, 3.63) is 23.1 Å².